The van der Waals surface area contributed by atoms with Gasteiger partial charge in [-0.15, -0.1) is 0 Å². The first kappa shape index (κ1) is 12.9. The lowest BCUT2D eigenvalue weighted by molar-refractivity contribution is 0.174. The zero-order chi connectivity index (χ0) is 15.3. The van der Waals surface area contributed by atoms with Crippen LogP contribution in [0, 0.1) is 0 Å². The molecular weight excluding hydrogens is 286 g/mol. The van der Waals surface area contributed by atoms with Gasteiger partial charge >= 0.3 is 0 Å². The van der Waals surface area contributed by atoms with E-state index in [4.69, 9.17) is 23.7 Å². The fraction of sp³-hybridized carbons (Fsp3) is 0.250. The lowest BCUT2D eigenvalue weighted by Gasteiger charge is -2.12. The van der Waals surface area contributed by atoms with E-state index >= 15 is 0 Å². The molecule has 1 aromatic heterocycles. The SMILES string of the molecule is COc1cc2c([nH]c3c4c(ccc32)OCO4)c(OC)c1OC. The Morgan fingerprint density at radius 3 is 2.45 bits per heavy atom. The van der Waals surface area contributed by atoms with Gasteiger partial charge in [0.25, 0.3) is 0 Å². The number of aromatic nitrogens is 1. The maximum Gasteiger partial charge on any atom is 0.231 e. The topological polar surface area (TPSA) is 61.9 Å². The number of H-pyrrole nitrogens is 1. The molecule has 1 aliphatic rings. The van der Waals surface area contributed by atoms with Gasteiger partial charge in [0.05, 0.1) is 32.4 Å². The van der Waals surface area contributed by atoms with Gasteiger partial charge in [0.2, 0.25) is 12.5 Å². The van der Waals surface area contributed by atoms with Gasteiger partial charge in [-0.3, -0.25) is 0 Å². The zero-order valence-electron chi connectivity index (χ0n) is 12.5. The minimum Gasteiger partial charge on any atom is -0.493 e. The monoisotopic (exact) mass is 301 g/mol. The Bertz CT molecular complexity index is 883. The lowest BCUT2D eigenvalue weighted by atomic mass is 10.1. The molecule has 6 nitrogen and oxygen atoms in total. The Labute approximate surface area is 126 Å². The summed E-state index contributed by atoms with van der Waals surface area (Å²) in [4.78, 5) is 3.36. The fourth-order valence-corrected chi connectivity index (χ4v) is 2.94. The molecule has 0 aliphatic carbocycles. The second-order valence-corrected chi connectivity index (χ2v) is 4.91. The number of methoxy groups -OCH3 is 3. The largest absolute Gasteiger partial charge is 0.493 e. The molecule has 114 valence electrons. The summed E-state index contributed by atoms with van der Waals surface area (Å²) >= 11 is 0. The van der Waals surface area contributed by atoms with Crippen LogP contribution in [0.25, 0.3) is 21.8 Å². The minimum atomic E-state index is 0.230. The first-order chi connectivity index (χ1) is 10.8. The second-order valence-electron chi connectivity index (χ2n) is 4.91. The van der Waals surface area contributed by atoms with Gasteiger partial charge in [-0.05, 0) is 18.2 Å². The van der Waals surface area contributed by atoms with E-state index in [2.05, 4.69) is 4.98 Å². The Balaban J connectivity index is 2.15. The van der Waals surface area contributed by atoms with Crippen molar-refractivity contribution in [2.45, 2.75) is 0 Å². The second kappa shape index (κ2) is 4.62. The van der Waals surface area contributed by atoms with Crippen LogP contribution in [-0.4, -0.2) is 33.1 Å². The average molecular weight is 301 g/mol. The molecule has 3 aromatic rings. The van der Waals surface area contributed by atoms with Crippen LogP contribution in [0.4, 0.5) is 0 Å². The number of hydrogen-bond acceptors (Lipinski definition) is 5. The Hall–Kier alpha value is -2.76. The van der Waals surface area contributed by atoms with Gasteiger partial charge in [0.1, 0.15) is 0 Å². The van der Waals surface area contributed by atoms with Crippen LogP contribution < -0.4 is 23.7 Å². The maximum absolute atomic E-state index is 5.57. The summed E-state index contributed by atoms with van der Waals surface area (Å²) in [5.74, 6) is 3.22. The third-order valence-electron chi connectivity index (χ3n) is 3.91. The third kappa shape index (κ3) is 1.55. The molecule has 0 bridgehead atoms. The standard InChI is InChI=1S/C16H15NO5/c1-18-11-6-9-8-4-5-10-14(22-7-21-10)12(8)17-13(9)16(20-3)15(11)19-2/h4-6,17H,7H2,1-3H3. The van der Waals surface area contributed by atoms with Crippen LogP contribution in [-0.2, 0) is 0 Å². The number of nitrogens with one attached hydrogen (secondary N) is 1. The molecule has 0 saturated heterocycles. The predicted molar refractivity (Wildman–Crippen MR) is 81.6 cm³/mol. The van der Waals surface area contributed by atoms with E-state index in [0.29, 0.717) is 23.0 Å². The molecule has 0 unspecified atom stereocenters. The van der Waals surface area contributed by atoms with Crippen LogP contribution in [0.15, 0.2) is 18.2 Å². The van der Waals surface area contributed by atoms with E-state index in [1.807, 2.05) is 18.2 Å². The van der Waals surface area contributed by atoms with E-state index in [1.54, 1.807) is 21.3 Å². The van der Waals surface area contributed by atoms with Crippen molar-refractivity contribution in [1.29, 1.82) is 0 Å². The number of ether oxygens (including phenoxy) is 5. The first-order valence-electron chi connectivity index (χ1n) is 6.81. The molecule has 0 fully saturated rings. The number of benzene rings is 2. The van der Waals surface area contributed by atoms with Gasteiger partial charge < -0.3 is 28.7 Å². The van der Waals surface area contributed by atoms with Gasteiger partial charge in [-0.2, -0.15) is 0 Å². The van der Waals surface area contributed by atoms with Crippen molar-refractivity contribution < 1.29 is 23.7 Å². The molecule has 6 heteroatoms. The summed E-state index contributed by atoms with van der Waals surface area (Å²) in [7, 11) is 4.79. The molecule has 1 aliphatic heterocycles. The van der Waals surface area contributed by atoms with E-state index in [0.717, 1.165) is 27.6 Å². The summed E-state index contributed by atoms with van der Waals surface area (Å²) < 4.78 is 27.4. The van der Waals surface area contributed by atoms with Crippen LogP contribution in [0.1, 0.15) is 0 Å². The highest BCUT2D eigenvalue weighted by Gasteiger charge is 2.23. The van der Waals surface area contributed by atoms with Gasteiger partial charge in [-0.25, -0.2) is 0 Å². The van der Waals surface area contributed by atoms with Crippen LogP contribution in [0.3, 0.4) is 0 Å². The van der Waals surface area contributed by atoms with E-state index in [1.165, 1.54) is 0 Å². The molecule has 0 radical (unpaired) electrons. The van der Waals surface area contributed by atoms with Crippen molar-refractivity contribution in [2.24, 2.45) is 0 Å². The van der Waals surface area contributed by atoms with Gasteiger partial charge in [0.15, 0.2) is 23.0 Å². The number of fused-ring (bicyclic) bond motifs is 5. The normalized spacial score (nSPS) is 12.9. The fourth-order valence-electron chi connectivity index (χ4n) is 2.94. The summed E-state index contributed by atoms with van der Waals surface area (Å²) in [6.07, 6.45) is 0. The molecular formula is C16H15NO5. The molecule has 2 aromatic carbocycles. The Morgan fingerprint density at radius 1 is 0.909 bits per heavy atom. The smallest absolute Gasteiger partial charge is 0.231 e. The third-order valence-corrected chi connectivity index (χ3v) is 3.91. The summed E-state index contributed by atoms with van der Waals surface area (Å²) in [5.41, 5.74) is 1.71. The van der Waals surface area contributed by atoms with Gasteiger partial charge in [0, 0.05) is 10.8 Å². The van der Waals surface area contributed by atoms with E-state index < -0.39 is 0 Å². The molecule has 0 spiro atoms. The van der Waals surface area contributed by atoms with E-state index in [-0.39, 0.29) is 6.79 Å². The molecule has 4 rings (SSSR count). The first-order valence-corrected chi connectivity index (χ1v) is 6.81. The van der Waals surface area contributed by atoms with Crippen molar-refractivity contribution >= 4 is 21.8 Å². The lowest BCUT2D eigenvalue weighted by Crippen LogP contribution is -1.95. The zero-order valence-corrected chi connectivity index (χ0v) is 12.5. The quantitative estimate of drug-likeness (QED) is 0.805. The van der Waals surface area contributed by atoms with Crippen LogP contribution in [0.2, 0.25) is 0 Å². The number of rotatable bonds is 3. The van der Waals surface area contributed by atoms with Crippen molar-refractivity contribution in [3.05, 3.63) is 18.2 Å². The van der Waals surface area contributed by atoms with Crippen molar-refractivity contribution in [3.8, 4) is 28.7 Å². The van der Waals surface area contributed by atoms with Crippen molar-refractivity contribution in [3.63, 3.8) is 0 Å². The average Bonchev–Trinajstić information content (AvgIpc) is 3.16. The Morgan fingerprint density at radius 2 is 1.73 bits per heavy atom. The summed E-state index contributed by atoms with van der Waals surface area (Å²) in [5, 5.41) is 1.99. The highest BCUT2D eigenvalue weighted by atomic mass is 16.7. The highest BCUT2D eigenvalue weighted by Crippen LogP contribution is 2.48. The molecule has 22 heavy (non-hydrogen) atoms. The molecule has 0 saturated carbocycles. The minimum absolute atomic E-state index is 0.230. The summed E-state index contributed by atoms with van der Waals surface area (Å²) in [6.45, 7) is 0.230. The predicted octanol–water partition coefficient (Wildman–Crippen LogP) is 3.08. The number of hydrogen-bond donors (Lipinski definition) is 1. The van der Waals surface area contributed by atoms with Gasteiger partial charge in [-0.1, -0.05) is 0 Å². The molecule has 2 heterocycles. The summed E-state index contributed by atoms with van der Waals surface area (Å²) in [6, 6.07) is 5.83. The molecule has 1 N–H and O–H groups in total. The molecule has 0 amide bonds. The number of aromatic amines is 1. The molecule has 0 atom stereocenters. The van der Waals surface area contributed by atoms with Crippen LogP contribution in [0.5, 0.6) is 28.7 Å². The van der Waals surface area contributed by atoms with Crippen molar-refractivity contribution in [1.82, 2.24) is 4.98 Å². The van der Waals surface area contributed by atoms with E-state index in [9.17, 15) is 0 Å². The highest BCUT2D eigenvalue weighted by molar-refractivity contribution is 6.13. The Kier molecular flexibility index (Phi) is 2.72. The maximum atomic E-state index is 5.57. The van der Waals surface area contributed by atoms with Crippen LogP contribution >= 0.6 is 0 Å². The van der Waals surface area contributed by atoms with Crippen molar-refractivity contribution in [2.75, 3.05) is 28.1 Å².